The molecule has 0 saturated carbocycles. The van der Waals surface area contributed by atoms with Crippen LogP contribution in [0.25, 0.3) is 0 Å². The molecule has 1 heterocycles. The highest BCUT2D eigenvalue weighted by Gasteiger charge is 2.14. The topological polar surface area (TPSA) is 29.0 Å². The second-order valence-electron chi connectivity index (χ2n) is 3.59. The minimum absolute atomic E-state index is 0.346. The normalized spacial score (nSPS) is 10.5. The van der Waals surface area contributed by atoms with Crippen molar-refractivity contribution in [2.24, 2.45) is 0 Å². The van der Waals surface area contributed by atoms with Crippen LogP contribution in [-0.2, 0) is 5.88 Å². The van der Waals surface area contributed by atoms with E-state index in [-0.39, 0.29) is 0 Å². The predicted octanol–water partition coefficient (Wildman–Crippen LogP) is 3.50. The van der Waals surface area contributed by atoms with Crippen molar-refractivity contribution >= 4 is 29.0 Å². The smallest absolute Gasteiger partial charge is 0.138 e. The molecule has 5 heteroatoms. The van der Waals surface area contributed by atoms with Gasteiger partial charge in [-0.15, -0.1) is 11.6 Å². The van der Waals surface area contributed by atoms with Crippen LogP contribution in [0, 0.1) is 0 Å². The van der Waals surface area contributed by atoms with Gasteiger partial charge in [0.15, 0.2) is 0 Å². The average Bonchev–Trinajstić information content (AvgIpc) is 2.28. The molecule has 0 aliphatic carbocycles. The highest BCUT2D eigenvalue weighted by atomic mass is 35.5. The largest absolute Gasteiger partial charge is 0.356 e. The molecule has 0 radical (unpaired) electrons. The summed E-state index contributed by atoms with van der Waals surface area (Å²) in [4.78, 5) is 10.5. The summed E-state index contributed by atoms with van der Waals surface area (Å²) >= 11 is 11.9. The number of nitrogens with zero attached hydrogens (tertiary/aromatic N) is 3. The summed E-state index contributed by atoms with van der Waals surface area (Å²) in [5, 5.41) is 0.456. The molecule has 0 aliphatic heterocycles. The van der Waals surface area contributed by atoms with Crippen LogP contribution < -0.4 is 4.90 Å². The summed E-state index contributed by atoms with van der Waals surface area (Å²) in [5.41, 5.74) is 0.827. The number of rotatable bonds is 6. The number of hydrogen-bond acceptors (Lipinski definition) is 3. The third-order valence-corrected chi connectivity index (χ3v) is 2.88. The first-order chi connectivity index (χ1) is 7.74. The number of alkyl halides is 1. The molecule has 0 aliphatic rings. The molecule has 1 rings (SSSR count). The van der Waals surface area contributed by atoms with Crippen LogP contribution in [0.1, 0.15) is 32.3 Å². The molecular weight excluding hydrogens is 245 g/mol. The van der Waals surface area contributed by atoms with Gasteiger partial charge in [0, 0.05) is 18.7 Å². The maximum atomic E-state index is 6.01. The monoisotopic (exact) mass is 261 g/mol. The Kier molecular flexibility index (Phi) is 5.85. The van der Waals surface area contributed by atoms with E-state index in [1.807, 2.05) is 0 Å². The van der Waals surface area contributed by atoms with Crippen molar-refractivity contribution in [3.63, 3.8) is 0 Å². The zero-order chi connectivity index (χ0) is 12.0. The van der Waals surface area contributed by atoms with E-state index < -0.39 is 0 Å². The Morgan fingerprint density at radius 1 is 1.19 bits per heavy atom. The van der Waals surface area contributed by atoms with Crippen LogP contribution in [0.5, 0.6) is 0 Å². The van der Waals surface area contributed by atoms with Gasteiger partial charge in [-0.1, -0.05) is 25.4 Å². The fourth-order valence-electron chi connectivity index (χ4n) is 1.63. The molecule has 16 heavy (non-hydrogen) atoms. The summed E-state index contributed by atoms with van der Waals surface area (Å²) in [6, 6.07) is 0. The number of hydrogen-bond donors (Lipinski definition) is 0. The molecule has 0 fully saturated rings. The van der Waals surface area contributed by atoms with Gasteiger partial charge in [0.1, 0.15) is 17.3 Å². The van der Waals surface area contributed by atoms with Crippen LogP contribution in [0.2, 0.25) is 5.15 Å². The van der Waals surface area contributed by atoms with Gasteiger partial charge in [0.25, 0.3) is 0 Å². The molecule has 3 nitrogen and oxygen atoms in total. The van der Waals surface area contributed by atoms with Crippen molar-refractivity contribution < 1.29 is 0 Å². The standard InChI is InChI=1S/C11H17Cl2N3/c1-3-5-16(6-4-2)11-9(7-12)10(13)14-8-15-11/h8H,3-7H2,1-2H3. The zero-order valence-electron chi connectivity index (χ0n) is 9.71. The molecule has 1 aromatic rings. The van der Waals surface area contributed by atoms with E-state index in [0.717, 1.165) is 37.3 Å². The molecule has 0 saturated heterocycles. The van der Waals surface area contributed by atoms with Gasteiger partial charge in [0.2, 0.25) is 0 Å². The first-order valence-corrected chi connectivity index (χ1v) is 6.46. The van der Waals surface area contributed by atoms with Gasteiger partial charge in [-0.05, 0) is 12.8 Å². The van der Waals surface area contributed by atoms with Crippen molar-refractivity contribution in [2.45, 2.75) is 32.6 Å². The summed E-state index contributed by atoms with van der Waals surface area (Å²) in [6.45, 7) is 6.22. The fraction of sp³-hybridized carbons (Fsp3) is 0.636. The number of aromatic nitrogens is 2. The molecule has 0 amide bonds. The lowest BCUT2D eigenvalue weighted by atomic mass is 10.3. The molecule has 1 aromatic heterocycles. The second-order valence-corrected chi connectivity index (χ2v) is 4.21. The third-order valence-electron chi connectivity index (χ3n) is 2.29. The van der Waals surface area contributed by atoms with E-state index in [2.05, 4.69) is 28.7 Å². The Balaban J connectivity index is 3.02. The van der Waals surface area contributed by atoms with E-state index in [9.17, 15) is 0 Å². The molecule has 0 spiro atoms. The average molecular weight is 262 g/mol. The highest BCUT2D eigenvalue weighted by Crippen LogP contribution is 2.25. The molecule has 0 N–H and O–H groups in total. The van der Waals surface area contributed by atoms with Crippen molar-refractivity contribution in [2.75, 3.05) is 18.0 Å². The lowest BCUT2D eigenvalue weighted by Crippen LogP contribution is -2.27. The van der Waals surface area contributed by atoms with Crippen LogP contribution in [-0.4, -0.2) is 23.1 Å². The molecule has 0 unspecified atom stereocenters. The van der Waals surface area contributed by atoms with Crippen molar-refractivity contribution in [1.29, 1.82) is 0 Å². The Labute approximate surface area is 107 Å². The van der Waals surface area contributed by atoms with Gasteiger partial charge in [-0.3, -0.25) is 0 Å². The SMILES string of the molecule is CCCN(CCC)c1ncnc(Cl)c1CCl. The molecule has 0 atom stereocenters. The van der Waals surface area contributed by atoms with Crippen LogP contribution in [0.15, 0.2) is 6.33 Å². The molecule has 90 valence electrons. The maximum absolute atomic E-state index is 6.01. The molecule has 0 aromatic carbocycles. The van der Waals surface area contributed by atoms with E-state index in [4.69, 9.17) is 23.2 Å². The van der Waals surface area contributed by atoms with Crippen molar-refractivity contribution in [3.8, 4) is 0 Å². The van der Waals surface area contributed by atoms with Crippen LogP contribution in [0.4, 0.5) is 5.82 Å². The predicted molar refractivity (Wildman–Crippen MR) is 69.4 cm³/mol. The first kappa shape index (κ1) is 13.5. The lowest BCUT2D eigenvalue weighted by Gasteiger charge is -2.24. The van der Waals surface area contributed by atoms with Gasteiger partial charge in [0.05, 0.1) is 5.88 Å². The van der Waals surface area contributed by atoms with Crippen molar-refractivity contribution in [3.05, 3.63) is 17.0 Å². The van der Waals surface area contributed by atoms with E-state index in [1.165, 1.54) is 6.33 Å². The zero-order valence-corrected chi connectivity index (χ0v) is 11.2. The summed E-state index contributed by atoms with van der Waals surface area (Å²) in [5.74, 6) is 1.22. The van der Waals surface area contributed by atoms with E-state index in [1.54, 1.807) is 0 Å². The van der Waals surface area contributed by atoms with Crippen LogP contribution in [0.3, 0.4) is 0 Å². The Morgan fingerprint density at radius 3 is 2.31 bits per heavy atom. The van der Waals surface area contributed by atoms with Crippen molar-refractivity contribution in [1.82, 2.24) is 9.97 Å². The lowest BCUT2D eigenvalue weighted by molar-refractivity contribution is 0.729. The highest BCUT2D eigenvalue weighted by molar-refractivity contribution is 6.31. The Morgan fingerprint density at radius 2 is 1.81 bits per heavy atom. The molecular formula is C11H17Cl2N3. The van der Waals surface area contributed by atoms with E-state index >= 15 is 0 Å². The first-order valence-electron chi connectivity index (χ1n) is 5.54. The van der Waals surface area contributed by atoms with Crippen LogP contribution >= 0.6 is 23.2 Å². The minimum Gasteiger partial charge on any atom is -0.356 e. The Hall–Kier alpha value is -0.540. The summed E-state index contributed by atoms with van der Waals surface area (Å²) in [6.07, 6.45) is 3.64. The Bertz CT molecular complexity index is 325. The van der Waals surface area contributed by atoms with Gasteiger partial charge < -0.3 is 4.90 Å². The van der Waals surface area contributed by atoms with Gasteiger partial charge >= 0.3 is 0 Å². The number of anilines is 1. The number of halogens is 2. The fourth-order valence-corrected chi connectivity index (χ4v) is 2.14. The minimum atomic E-state index is 0.346. The van der Waals surface area contributed by atoms with E-state index in [0.29, 0.717) is 11.0 Å². The molecule has 0 bridgehead atoms. The quantitative estimate of drug-likeness (QED) is 0.580. The van der Waals surface area contributed by atoms with Gasteiger partial charge in [-0.25, -0.2) is 9.97 Å². The summed E-state index contributed by atoms with van der Waals surface area (Å²) < 4.78 is 0. The third kappa shape index (κ3) is 3.22. The second kappa shape index (κ2) is 6.92. The maximum Gasteiger partial charge on any atom is 0.138 e. The van der Waals surface area contributed by atoms with Gasteiger partial charge in [-0.2, -0.15) is 0 Å². The summed E-state index contributed by atoms with van der Waals surface area (Å²) in [7, 11) is 0.